The number of carbonyl (C=O) groups is 1. The Morgan fingerprint density at radius 2 is 2.15 bits per heavy atom. The molecule has 0 heterocycles. The number of halogens is 2. The number of ether oxygens (including phenoxy) is 1. The van der Waals surface area contributed by atoms with Crippen molar-refractivity contribution in [2.75, 3.05) is 7.11 Å². The molecule has 0 aliphatic rings. The summed E-state index contributed by atoms with van der Waals surface area (Å²) in [5.41, 5.74) is 0.438. The van der Waals surface area contributed by atoms with Crippen LogP contribution in [0.2, 0.25) is 5.02 Å². The molecule has 0 aromatic heterocycles. The maximum atomic E-state index is 12.9. The highest BCUT2D eigenvalue weighted by Crippen LogP contribution is 2.23. The van der Waals surface area contributed by atoms with Crippen molar-refractivity contribution in [3.05, 3.63) is 34.1 Å². The zero-order valence-electron chi connectivity index (χ0n) is 7.23. The third-order valence-electron chi connectivity index (χ3n) is 1.73. The van der Waals surface area contributed by atoms with Crippen molar-refractivity contribution in [1.29, 1.82) is 0 Å². The topological polar surface area (TPSA) is 26.3 Å². The van der Waals surface area contributed by atoms with E-state index in [4.69, 9.17) is 11.6 Å². The van der Waals surface area contributed by atoms with E-state index in [9.17, 15) is 9.18 Å². The second-order valence-electron chi connectivity index (χ2n) is 2.53. The Bertz CT molecular complexity index is 350. The van der Waals surface area contributed by atoms with E-state index < -0.39 is 11.8 Å². The van der Waals surface area contributed by atoms with Crippen molar-refractivity contribution in [2.24, 2.45) is 0 Å². The molecule has 0 aliphatic carbocycles. The summed E-state index contributed by atoms with van der Waals surface area (Å²) < 4.78 is 17.4. The SMILES string of the molecule is COC(=O)c1ccc(F)c(C)c1Cl. The van der Waals surface area contributed by atoms with Gasteiger partial charge in [0.25, 0.3) is 0 Å². The van der Waals surface area contributed by atoms with E-state index >= 15 is 0 Å². The van der Waals surface area contributed by atoms with Crippen LogP contribution in [0.5, 0.6) is 0 Å². The molecule has 2 nitrogen and oxygen atoms in total. The summed E-state index contributed by atoms with van der Waals surface area (Å²) in [5.74, 6) is -0.995. The monoisotopic (exact) mass is 202 g/mol. The van der Waals surface area contributed by atoms with Gasteiger partial charge < -0.3 is 4.74 Å². The molecule has 1 aromatic carbocycles. The average molecular weight is 203 g/mol. The molecule has 0 radical (unpaired) electrons. The molecule has 70 valence electrons. The molecule has 0 unspecified atom stereocenters. The molecule has 13 heavy (non-hydrogen) atoms. The summed E-state index contributed by atoms with van der Waals surface area (Å²) in [5, 5.41) is 0.104. The lowest BCUT2D eigenvalue weighted by atomic mass is 10.1. The van der Waals surface area contributed by atoms with E-state index in [1.54, 1.807) is 0 Å². The van der Waals surface area contributed by atoms with Crippen molar-refractivity contribution < 1.29 is 13.9 Å². The second kappa shape index (κ2) is 3.75. The highest BCUT2D eigenvalue weighted by atomic mass is 35.5. The van der Waals surface area contributed by atoms with Crippen molar-refractivity contribution in [1.82, 2.24) is 0 Å². The maximum Gasteiger partial charge on any atom is 0.339 e. The van der Waals surface area contributed by atoms with Crippen LogP contribution >= 0.6 is 11.6 Å². The lowest BCUT2D eigenvalue weighted by molar-refractivity contribution is 0.0601. The van der Waals surface area contributed by atoms with Gasteiger partial charge in [-0.2, -0.15) is 0 Å². The summed E-state index contributed by atoms with van der Waals surface area (Å²) in [6.07, 6.45) is 0. The van der Waals surface area contributed by atoms with E-state index in [1.807, 2.05) is 0 Å². The summed E-state index contributed by atoms with van der Waals surface area (Å²) >= 11 is 5.73. The van der Waals surface area contributed by atoms with Gasteiger partial charge in [-0.25, -0.2) is 9.18 Å². The van der Waals surface area contributed by atoms with Crippen LogP contribution in [0.25, 0.3) is 0 Å². The molecule has 0 aliphatic heterocycles. The minimum atomic E-state index is -0.562. The Kier molecular flexibility index (Phi) is 2.88. The Hall–Kier alpha value is -1.09. The van der Waals surface area contributed by atoms with Gasteiger partial charge in [-0.3, -0.25) is 0 Å². The minimum Gasteiger partial charge on any atom is -0.465 e. The van der Waals surface area contributed by atoms with Crippen LogP contribution in [0.15, 0.2) is 12.1 Å². The van der Waals surface area contributed by atoms with Crippen molar-refractivity contribution in [3.8, 4) is 0 Å². The summed E-state index contributed by atoms with van der Waals surface area (Å²) in [6, 6.07) is 2.49. The van der Waals surface area contributed by atoms with Crippen LogP contribution in [0.4, 0.5) is 4.39 Å². The van der Waals surface area contributed by atoms with E-state index in [1.165, 1.54) is 26.2 Å². The van der Waals surface area contributed by atoms with E-state index in [0.29, 0.717) is 0 Å². The van der Waals surface area contributed by atoms with Crippen LogP contribution in [0, 0.1) is 12.7 Å². The highest BCUT2D eigenvalue weighted by molar-refractivity contribution is 6.34. The fourth-order valence-corrected chi connectivity index (χ4v) is 1.16. The number of hydrogen-bond donors (Lipinski definition) is 0. The Morgan fingerprint density at radius 1 is 1.54 bits per heavy atom. The van der Waals surface area contributed by atoms with Crippen molar-refractivity contribution in [3.63, 3.8) is 0 Å². The fourth-order valence-electron chi connectivity index (χ4n) is 0.929. The fraction of sp³-hybridized carbons (Fsp3) is 0.222. The van der Waals surface area contributed by atoms with Crippen LogP contribution in [0.1, 0.15) is 15.9 Å². The number of benzene rings is 1. The third kappa shape index (κ3) is 1.80. The van der Waals surface area contributed by atoms with Gasteiger partial charge in [-0.15, -0.1) is 0 Å². The van der Waals surface area contributed by atoms with Gasteiger partial charge in [-0.1, -0.05) is 11.6 Å². The Morgan fingerprint density at radius 3 is 2.69 bits per heavy atom. The van der Waals surface area contributed by atoms with E-state index in [0.717, 1.165) is 0 Å². The van der Waals surface area contributed by atoms with Gasteiger partial charge >= 0.3 is 5.97 Å². The first kappa shape index (κ1) is 9.99. The molecule has 0 amide bonds. The van der Waals surface area contributed by atoms with Gasteiger partial charge in [0.2, 0.25) is 0 Å². The highest BCUT2D eigenvalue weighted by Gasteiger charge is 2.14. The first-order valence-corrected chi connectivity index (χ1v) is 3.98. The average Bonchev–Trinajstić information content (AvgIpc) is 2.13. The molecule has 0 spiro atoms. The number of carbonyl (C=O) groups excluding carboxylic acids is 1. The molecular formula is C9H8ClFO2. The molecule has 0 fully saturated rings. The molecule has 4 heteroatoms. The normalized spacial score (nSPS) is 9.85. The van der Waals surface area contributed by atoms with E-state index in [2.05, 4.69) is 4.74 Å². The molecule has 0 saturated heterocycles. The molecule has 0 saturated carbocycles. The molecular weight excluding hydrogens is 195 g/mol. The van der Waals surface area contributed by atoms with Gasteiger partial charge in [0.1, 0.15) is 5.82 Å². The summed E-state index contributed by atoms with van der Waals surface area (Å²) in [7, 11) is 1.25. The Labute approximate surface area is 80.3 Å². The van der Waals surface area contributed by atoms with Crippen molar-refractivity contribution in [2.45, 2.75) is 6.92 Å². The molecule has 0 bridgehead atoms. The zero-order chi connectivity index (χ0) is 10.0. The smallest absolute Gasteiger partial charge is 0.339 e. The quantitative estimate of drug-likeness (QED) is 0.655. The Balaban J connectivity index is 3.26. The molecule has 0 atom stereocenters. The first-order chi connectivity index (χ1) is 6.07. The minimum absolute atomic E-state index is 0.104. The number of hydrogen-bond acceptors (Lipinski definition) is 2. The van der Waals surface area contributed by atoms with Gasteiger partial charge in [0, 0.05) is 5.56 Å². The maximum absolute atomic E-state index is 12.9. The zero-order valence-corrected chi connectivity index (χ0v) is 7.98. The lowest BCUT2D eigenvalue weighted by Crippen LogP contribution is -2.03. The van der Waals surface area contributed by atoms with Crippen LogP contribution in [0.3, 0.4) is 0 Å². The number of methoxy groups -OCH3 is 1. The standard InChI is InChI=1S/C9H8ClFO2/c1-5-7(11)4-3-6(8(5)10)9(12)13-2/h3-4H,1-2H3. The first-order valence-electron chi connectivity index (χ1n) is 3.61. The largest absolute Gasteiger partial charge is 0.465 e. The van der Waals surface area contributed by atoms with Gasteiger partial charge in [-0.05, 0) is 19.1 Å². The van der Waals surface area contributed by atoms with Crippen LogP contribution < -0.4 is 0 Å². The van der Waals surface area contributed by atoms with E-state index in [-0.39, 0.29) is 16.1 Å². The van der Waals surface area contributed by atoms with Crippen LogP contribution in [-0.4, -0.2) is 13.1 Å². The second-order valence-corrected chi connectivity index (χ2v) is 2.90. The number of rotatable bonds is 1. The summed E-state index contributed by atoms with van der Waals surface area (Å²) in [6.45, 7) is 1.50. The predicted octanol–water partition coefficient (Wildman–Crippen LogP) is 2.57. The van der Waals surface area contributed by atoms with Gasteiger partial charge in [0.05, 0.1) is 17.7 Å². The molecule has 1 rings (SSSR count). The van der Waals surface area contributed by atoms with Crippen molar-refractivity contribution >= 4 is 17.6 Å². The third-order valence-corrected chi connectivity index (χ3v) is 2.21. The molecule has 1 aromatic rings. The predicted molar refractivity (Wildman–Crippen MR) is 47.5 cm³/mol. The summed E-state index contributed by atoms with van der Waals surface area (Å²) in [4.78, 5) is 11.1. The molecule has 0 N–H and O–H groups in total. The van der Waals surface area contributed by atoms with Crippen LogP contribution in [-0.2, 0) is 4.74 Å². The number of esters is 1. The lowest BCUT2D eigenvalue weighted by Gasteiger charge is -2.04. The van der Waals surface area contributed by atoms with Gasteiger partial charge in [0.15, 0.2) is 0 Å².